The summed E-state index contributed by atoms with van der Waals surface area (Å²) in [5, 5.41) is 0. The van der Waals surface area contributed by atoms with E-state index in [-0.39, 0.29) is 0 Å². The zero-order chi connectivity index (χ0) is 11.5. The molecular formula is C14H16N2. The van der Waals surface area contributed by atoms with Gasteiger partial charge in [-0.1, -0.05) is 13.0 Å². The molecule has 16 heavy (non-hydrogen) atoms. The second-order valence-corrected chi connectivity index (χ2v) is 4.02. The average molecular weight is 212 g/mol. The van der Waals surface area contributed by atoms with Gasteiger partial charge in [0.15, 0.2) is 0 Å². The van der Waals surface area contributed by atoms with E-state index in [0.29, 0.717) is 0 Å². The molecule has 0 fully saturated rings. The van der Waals surface area contributed by atoms with Gasteiger partial charge >= 0.3 is 0 Å². The molecule has 0 unspecified atom stereocenters. The summed E-state index contributed by atoms with van der Waals surface area (Å²) in [6, 6.07) is 8.30. The fraction of sp³-hybridized carbons (Fsp3) is 0.214. The zero-order valence-corrected chi connectivity index (χ0v) is 9.70. The third-order valence-corrected chi connectivity index (χ3v) is 2.73. The van der Waals surface area contributed by atoms with Gasteiger partial charge in [0.05, 0.1) is 0 Å². The van der Waals surface area contributed by atoms with Gasteiger partial charge in [0, 0.05) is 23.6 Å². The van der Waals surface area contributed by atoms with Crippen molar-refractivity contribution in [3.8, 4) is 11.1 Å². The van der Waals surface area contributed by atoms with Crippen LogP contribution in [0.2, 0.25) is 0 Å². The van der Waals surface area contributed by atoms with Gasteiger partial charge in [-0.05, 0) is 48.2 Å². The van der Waals surface area contributed by atoms with Crippen molar-refractivity contribution in [3.05, 3.63) is 47.8 Å². The first-order valence-electron chi connectivity index (χ1n) is 5.51. The van der Waals surface area contributed by atoms with Crippen LogP contribution in [0, 0.1) is 6.92 Å². The molecule has 0 amide bonds. The van der Waals surface area contributed by atoms with Crippen molar-refractivity contribution in [2.45, 2.75) is 20.3 Å². The highest BCUT2D eigenvalue weighted by atomic mass is 14.6. The highest BCUT2D eigenvalue weighted by Gasteiger charge is 2.02. The molecule has 1 heterocycles. The minimum atomic E-state index is 0.867. The van der Waals surface area contributed by atoms with E-state index in [9.17, 15) is 0 Å². The van der Waals surface area contributed by atoms with Crippen molar-refractivity contribution >= 4 is 5.69 Å². The first kappa shape index (κ1) is 10.7. The van der Waals surface area contributed by atoms with Crippen LogP contribution in [0.15, 0.2) is 36.7 Å². The number of nitrogen functional groups attached to an aromatic ring is 1. The van der Waals surface area contributed by atoms with Crippen LogP contribution in [-0.2, 0) is 6.42 Å². The molecule has 0 aliphatic heterocycles. The molecule has 82 valence electrons. The molecule has 1 aromatic heterocycles. The number of pyridine rings is 1. The topological polar surface area (TPSA) is 38.9 Å². The highest BCUT2D eigenvalue weighted by Crippen LogP contribution is 2.24. The van der Waals surface area contributed by atoms with Crippen molar-refractivity contribution in [2.24, 2.45) is 0 Å². The van der Waals surface area contributed by atoms with Crippen molar-refractivity contribution in [1.82, 2.24) is 4.98 Å². The molecule has 2 nitrogen and oxygen atoms in total. The number of benzene rings is 1. The monoisotopic (exact) mass is 212 g/mol. The number of anilines is 1. The number of hydrogen-bond acceptors (Lipinski definition) is 2. The maximum Gasteiger partial charge on any atom is 0.0346 e. The maximum absolute atomic E-state index is 5.89. The number of aromatic nitrogens is 1. The largest absolute Gasteiger partial charge is 0.399 e. The Balaban J connectivity index is 2.48. The number of rotatable bonds is 2. The van der Waals surface area contributed by atoms with Crippen molar-refractivity contribution in [2.75, 3.05) is 5.73 Å². The fourth-order valence-corrected chi connectivity index (χ4v) is 1.80. The summed E-state index contributed by atoms with van der Waals surface area (Å²) in [6.07, 6.45) is 4.71. The fourth-order valence-electron chi connectivity index (χ4n) is 1.80. The second kappa shape index (κ2) is 4.35. The predicted octanol–water partition coefficient (Wildman–Crippen LogP) is 3.20. The Labute approximate surface area is 96.1 Å². The first-order chi connectivity index (χ1) is 7.70. The maximum atomic E-state index is 5.89. The van der Waals surface area contributed by atoms with Crippen LogP contribution in [0.3, 0.4) is 0 Å². The van der Waals surface area contributed by atoms with E-state index in [0.717, 1.165) is 17.7 Å². The van der Waals surface area contributed by atoms with Crippen molar-refractivity contribution < 1.29 is 0 Å². The average Bonchev–Trinajstić information content (AvgIpc) is 2.29. The van der Waals surface area contributed by atoms with E-state index in [1.807, 2.05) is 24.5 Å². The molecule has 2 N–H and O–H groups in total. The van der Waals surface area contributed by atoms with Crippen molar-refractivity contribution in [3.63, 3.8) is 0 Å². The van der Waals surface area contributed by atoms with Crippen LogP contribution in [-0.4, -0.2) is 4.98 Å². The van der Waals surface area contributed by atoms with Gasteiger partial charge in [-0.2, -0.15) is 0 Å². The summed E-state index contributed by atoms with van der Waals surface area (Å²) >= 11 is 0. The Morgan fingerprint density at radius 3 is 2.62 bits per heavy atom. The van der Waals surface area contributed by atoms with Crippen LogP contribution in [0.5, 0.6) is 0 Å². The highest BCUT2D eigenvalue weighted by molar-refractivity contribution is 5.67. The minimum absolute atomic E-state index is 0.867. The summed E-state index contributed by atoms with van der Waals surface area (Å²) in [7, 11) is 0. The van der Waals surface area contributed by atoms with Gasteiger partial charge < -0.3 is 5.73 Å². The van der Waals surface area contributed by atoms with E-state index in [1.54, 1.807) is 0 Å². The van der Waals surface area contributed by atoms with Gasteiger partial charge in [-0.25, -0.2) is 0 Å². The molecule has 0 bridgehead atoms. The van der Waals surface area contributed by atoms with E-state index in [1.165, 1.54) is 16.7 Å². The van der Waals surface area contributed by atoms with Crippen molar-refractivity contribution in [1.29, 1.82) is 0 Å². The third-order valence-electron chi connectivity index (χ3n) is 2.73. The lowest BCUT2D eigenvalue weighted by Gasteiger charge is -2.07. The third kappa shape index (κ3) is 2.06. The summed E-state index contributed by atoms with van der Waals surface area (Å²) in [5.74, 6) is 0. The standard InChI is InChI=1S/C14H16N2/c1-3-11-7-12(4-5-14(11)15)13-6-10(2)8-16-9-13/h4-9H,3,15H2,1-2H3. The summed E-state index contributed by atoms with van der Waals surface area (Å²) in [4.78, 5) is 4.21. The first-order valence-corrected chi connectivity index (χ1v) is 5.51. The Morgan fingerprint density at radius 2 is 1.94 bits per heavy atom. The Hall–Kier alpha value is -1.83. The minimum Gasteiger partial charge on any atom is -0.399 e. The van der Waals surface area contributed by atoms with Gasteiger partial charge in [0.25, 0.3) is 0 Å². The van der Waals surface area contributed by atoms with Gasteiger partial charge in [0.1, 0.15) is 0 Å². The molecular weight excluding hydrogens is 196 g/mol. The number of hydrogen-bond donors (Lipinski definition) is 1. The molecule has 0 aliphatic rings. The molecule has 2 aromatic rings. The lowest BCUT2D eigenvalue weighted by Crippen LogP contribution is -1.93. The number of nitrogens with two attached hydrogens (primary N) is 1. The molecule has 1 aromatic carbocycles. The number of nitrogens with zero attached hydrogens (tertiary/aromatic N) is 1. The SMILES string of the molecule is CCc1cc(-c2cncc(C)c2)ccc1N. The van der Waals surface area contributed by atoms with Crippen LogP contribution in [0.1, 0.15) is 18.1 Å². The summed E-state index contributed by atoms with van der Waals surface area (Å²) in [5.41, 5.74) is 11.5. The smallest absolute Gasteiger partial charge is 0.0346 e. The molecule has 0 atom stereocenters. The van der Waals surface area contributed by atoms with Crippen LogP contribution in [0.25, 0.3) is 11.1 Å². The van der Waals surface area contributed by atoms with Gasteiger partial charge in [-0.3, -0.25) is 4.98 Å². The molecule has 2 heteroatoms. The molecule has 0 radical (unpaired) electrons. The quantitative estimate of drug-likeness (QED) is 0.776. The lowest BCUT2D eigenvalue weighted by atomic mass is 10.0. The van der Waals surface area contributed by atoms with E-state index >= 15 is 0 Å². The molecule has 0 saturated carbocycles. The van der Waals surface area contributed by atoms with Crippen LogP contribution >= 0.6 is 0 Å². The molecule has 0 spiro atoms. The van der Waals surface area contributed by atoms with Crippen LogP contribution < -0.4 is 5.73 Å². The van der Waals surface area contributed by atoms with E-state index in [4.69, 9.17) is 5.73 Å². The summed E-state index contributed by atoms with van der Waals surface area (Å²) < 4.78 is 0. The van der Waals surface area contributed by atoms with E-state index in [2.05, 4.69) is 31.0 Å². The van der Waals surface area contributed by atoms with E-state index < -0.39 is 0 Å². The normalized spacial score (nSPS) is 10.4. The van der Waals surface area contributed by atoms with Crippen LogP contribution in [0.4, 0.5) is 5.69 Å². The molecule has 2 rings (SSSR count). The number of aryl methyl sites for hydroxylation is 2. The second-order valence-electron chi connectivity index (χ2n) is 4.02. The Kier molecular flexibility index (Phi) is 2.91. The Bertz CT molecular complexity index is 504. The molecule has 0 saturated heterocycles. The van der Waals surface area contributed by atoms with Gasteiger partial charge in [-0.15, -0.1) is 0 Å². The zero-order valence-electron chi connectivity index (χ0n) is 9.70. The lowest BCUT2D eigenvalue weighted by molar-refractivity contribution is 1.14. The summed E-state index contributed by atoms with van der Waals surface area (Å²) in [6.45, 7) is 4.17. The molecule has 0 aliphatic carbocycles. The Morgan fingerprint density at radius 1 is 1.12 bits per heavy atom. The van der Waals surface area contributed by atoms with Gasteiger partial charge in [0.2, 0.25) is 0 Å². The predicted molar refractivity (Wildman–Crippen MR) is 68.2 cm³/mol.